The van der Waals surface area contributed by atoms with Crippen molar-refractivity contribution in [2.75, 3.05) is 24.5 Å². The molecular formula is C20H24N2O4. The van der Waals surface area contributed by atoms with Crippen LogP contribution in [0.3, 0.4) is 0 Å². The average Bonchev–Trinajstić information content (AvgIpc) is 2.98. The van der Waals surface area contributed by atoms with Crippen LogP contribution in [-0.2, 0) is 19.7 Å². The van der Waals surface area contributed by atoms with E-state index in [1.165, 1.54) is 5.56 Å². The summed E-state index contributed by atoms with van der Waals surface area (Å²) in [4.78, 5) is 38.4. The molecule has 2 heterocycles. The van der Waals surface area contributed by atoms with Crippen molar-refractivity contribution in [3.05, 3.63) is 29.8 Å². The van der Waals surface area contributed by atoms with Crippen molar-refractivity contribution < 1.29 is 19.1 Å². The lowest BCUT2D eigenvalue weighted by atomic mass is 9.94. The predicted molar refractivity (Wildman–Crippen MR) is 96.0 cm³/mol. The Labute approximate surface area is 153 Å². The Bertz CT molecular complexity index is 760. The van der Waals surface area contributed by atoms with Crippen LogP contribution >= 0.6 is 0 Å². The number of piperidine rings is 1. The number of benzene rings is 1. The lowest BCUT2D eigenvalue weighted by Crippen LogP contribution is -2.30. The first-order valence-electron chi connectivity index (χ1n) is 9.23. The molecule has 2 saturated heterocycles. The fraction of sp³-hybridized carbons (Fsp3) is 0.550. The third kappa shape index (κ3) is 2.87. The zero-order valence-electron chi connectivity index (χ0n) is 15.2. The summed E-state index contributed by atoms with van der Waals surface area (Å²) >= 11 is 0. The highest BCUT2D eigenvalue weighted by atomic mass is 16.6. The maximum atomic E-state index is 12.1. The highest BCUT2D eigenvalue weighted by molar-refractivity contribution is 5.89. The lowest BCUT2D eigenvalue weighted by Gasteiger charge is -2.20. The molecule has 4 rings (SSSR count). The summed E-state index contributed by atoms with van der Waals surface area (Å²) in [5.41, 5.74) is 2.18. The number of hydrogen-bond donors (Lipinski definition) is 0. The number of Topliss-reactive ketones (excluding diaryl/α,β-unsaturated/α-hetero) is 1. The van der Waals surface area contributed by atoms with Crippen molar-refractivity contribution in [2.24, 2.45) is 5.92 Å². The molecule has 1 saturated carbocycles. The molecule has 1 aromatic rings. The Morgan fingerprint density at radius 3 is 2.54 bits per heavy atom. The van der Waals surface area contributed by atoms with Gasteiger partial charge in [-0.3, -0.25) is 9.69 Å². The van der Waals surface area contributed by atoms with Crippen LogP contribution in [-0.4, -0.2) is 48.4 Å². The largest absolute Gasteiger partial charge is 0.444 e. The minimum Gasteiger partial charge on any atom is -0.444 e. The number of likely N-dealkylation sites (tertiary alicyclic amines) is 1. The number of fused-ring (bicyclic) bond motifs is 1. The summed E-state index contributed by atoms with van der Waals surface area (Å²) in [6.07, 6.45) is 1.56. The van der Waals surface area contributed by atoms with Crippen molar-refractivity contribution in [3.63, 3.8) is 0 Å². The summed E-state index contributed by atoms with van der Waals surface area (Å²) in [5.74, 6) is 0.813. The third-order valence-electron chi connectivity index (χ3n) is 6.04. The van der Waals surface area contributed by atoms with Crippen molar-refractivity contribution in [1.29, 1.82) is 0 Å². The number of ether oxygens (including phenoxy) is 1. The van der Waals surface area contributed by atoms with Gasteiger partial charge in [-0.2, -0.15) is 0 Å². The van der Waals surface area contributed by atoms with Crippen LogP contribution in [0, 0.1) is 5.92 Å². The van der Waals surface area contributed by atoms with E-state index in [0.717, 1.165) is 25.2 Å². The zero-order chi connectivity index (χ0) is 18.5. The van der Waals surface area contributed by atoms with Gasteiger partial charge in [-0.05, 0) is 43.4 Å². The Morgan fingerprint density at radius 1 is 1.19 bits per heavy atom. The number of amides is 2. The fourth-order valence-corrected chi connectivity index (χ4v) is 4.39. The topological polar surface area (TPSA) is 66.9 Å². The summed E-state index contributed by atoms with van der Waals surface area (Å²) < 4.78 is 5.37. The first-order chi connectivity index (χ1) is 12.4. The van der Waals surface area contributed by atoms with Crippen LogP contribution < -0.4 is 4.90 Å². The normalized spacial score (nSPS) is 29.5. The smallest absolute Gasteiger partial charge is 0.414 e. The second-order valence-electron chi connectivity index (χ2n) is 7.86. The predicted octanol–water partition coefficient (Wildman–Crippen LogP) is 2.50. The standard InChI is InChI=1S/C20H24N2O4/c1-13(23)3-8-18-11-22(19(25)26-18)17-6-4-15(5-7-17)20-9-16(20)10-21(12-20)14(2)24/h4-7,16,18H,3,8-12H2,1-2H3/t16-,18-,20+/m0/s1. The number of carbonyl (C=O) groups excluding carboxylic acids is 3. The van der Waals surface area contributed by atoms with E-state index >= 15 is 0 Å². The third-order valence-corrected chi connectivity index (χ3v) is 6.04. The molecule has 3 aliphatic rings. The molecule has 3 atom stereocenters. The van der Waals surface area contributed by atoms with Gasteiger partial charge in [-0.15, -0.1) is 0 Å². The van der Waals surface area contributed by atoms with E-state index in [2.05, 4.69) is 12.1 Å². The van der Waals surface area contributed by atoms with Gasteiger partial charge in [0, 0.05) is 37.5 Å². The van der Waals surface area contributed by atoms with E-state index in [9.17, 15) is 14.4 Å². The highest BCUT2D eigenvalue weighted by Gasteiger charge is 2.61. The van der Waals surface area contributed by atoms with Crippen LogP contribution in [0.2, 0.25) is 0 Å². The number of rotatable bonds is 5. The number of nitrogens with zero attached hydrogens (tertiary/aromatic N) is 2. The Morgan fingerprint density at radius 2 is 1.92 bits per heavy atom. The summed E-state index contributed by atoms with van der Waals surface area (Å²) in [6.45, 7) is 5.31. The van der Waals surface area contributed by atoms with Gasteiger partial charge in [-0.25, -0.2) is 4.79 Å². The van der Waals surface area contributed by atoms with Crippen molar-refractivity contribution >= 4 is 23.5 Å². The first kappa shape index (κ1) is 17.1. The fourth-order valence-electron chi connectivity index (χ4n) is 4.39. The van der Waals surface area contributed by atoms with Gasteiger partial charge in [0.2, 0.25) is 5.91 Å². The van der Waals surface area contributed by atoms with Crippen LogP contribution in [0.1, 0.15) is 38.7 Å². The molecule has 0 radical (unpaired) electrons. The SMILES string of the molecule is CC(=O)CC[C@H]1CN(c2ccc([C@]34C[C@H]3CN(C(C)=O)C4)cc2)C(=O)O1. The van der Waals surface area contributed by atoms with Gasteiger partial charge >= 0.3 is 6.09 Å². The zero-order valence-corrected chi connectivity index (χ0v) is 15.2. The summed E-state index contributed by atoms with van der Waals surface area (Å²) in [7, 11) is 0. The molecule has 6 heteroatoms. The molecule has 1 aliphatic carbocycles. The van der Waals surface area contributed by atoms with Crippen molar-refractivity contribution in [2.45, 2.75) is 44.6 Å². The van der Waals surface area contributed by atoms with Crippen LogP contribution in [0.5, 0.6) is 0 Å². The number of cyclic esters (lactones) is 1. The van der Waals surface area contributed by atoms with Crippen LogP contribution in [0.15, 0.2) is 24.3 Å². The van der Waals surface area contributed by atoms with Crippen molar-refractivity contribution in [3.8, 4) is 0 Å². The molecule has 2 amide bonds. The van der Waals surface area contributed by atoms with E-state index < -0.39 is 0 Å². The van der Waals surface area contributed by atoms with E-state index in [4.69, 9.17) is 4.74 Å². The van der Waals surface area contributed by atoms with Gasteiger partial charge in [0.1, 0.15) is 11.9 Å². The molecule has 1 aromatic carbocycles. The number of ketones is 1. The van der Waals surface area contributed by atoms with Crippen LogP contribution in [0.4, 0.5) is 10.5 Å². The number of hydrogen-bond acceptors (Lipinski definition) is 4. The molecule has 2 aliphatic heterocycles. The van der Waals surface area contributed by atoms with E-state index in [1.54, 1.807) is 18.7 Å². The molecule has 6 nitrogen and oxygen atoms in total. The van der Waals surface area contributed by atoms with Gasteiger partial charge < -0.3 is 14.4 Å². The lowest BCUT2D eigenvalue weighted by molar-refractivity contribution is -0.128. The molecule has 0 spiro atoms. The molecule has 0 unspecified atom stereocenters. The maximum Gasteiger partial charge on any atom is 0.414 e. The number of anilines is 1. The van der Waals surface area contributed by atoms with Crippen LogP contribution in [0.25, 0.3) is 0 Å². The van der Waals surface area contributed by atoms with Gasteiger partial charge in [0.25, 0.3) is 0 Å². The average molecular weight is 356 g/mol. The van der Waals surface area contributed by atoms with Gasteiger partial charge in [0.15, 0.2) is 0 Å². The Kier molecular flexibility index (Phi) is 4.01. The molecule has 3 fully saturated rings. The highest BCUT2D eigenvalue weighted by Crippen LogP contribution is 2.59. The summed E-state index contributed by atoms with van der Waals surface area (Å²) in [5, 5.41) is 0. The van der Waals surface area contributed by atoms with E-state index in [1.807, 2.05) is 17.0 Å². The minimum absolute atomic E-state index is 0.110. The minimum atomic E-state index is -0.350. The van der Waals surface area contributed by atoms with Gasteiger partial charge in [0.05, 0.1) is 6.54 Å². The van der Waals surface area contributed by atoms with Gasteiger partial charge in [-0.1, -0.05) is 12.1 Å². The quantitative estimate of drug-likeness (QED) is 0.813. The molecule has 0 bridgehead atoms. The summed E-state index contributed by atoms with van der Waals surface area (Å²) in [6, 6.07) is 8.08. The van der Waals surface area contributed by atoms with E-state index in [0.29, 0.717) is 25.3 Å². The molecular weight excluding hydrogens is 332 g/mol. The van der Waals surface area contributed by atoms with E-state index in [-0.39, 0.29) is 29.3 Å². The number of carbonyl (C=O) groups is 3. The monoisotopic (exact) mass is 356 g/mol. The maximum absolute atomic E-state index is 12.1. The second-order valence-corrected chi connectivity index (χ2v) is 7.86. The second kappa shape index (κ2) is 6.11. The van der Waals surface area contributed by atoms with Crippen molar-refractivity contribution in [1.82, 2.24) is 4.90 Å². The Hall–Kier alpha value is -2.37. The molecule has 26 heavy (non-hydrogen) atoms. The Balaban J connectivity index is 1.43. The molecule has 0 N–H and O–H groups in total. The molecule has 138 valence electrons. The first-order valence-corrected chi connectivity index (χ1v) is 9.23. The molecule has 0 aromatic heterocycles.